The average Bonchev–Trinajstić information content (AvgIpc) is 2.62. The summed E-state index contributed by atoms with van der Waals surface area (Å²) in [5.74, 6) is -1.73. The van der Waals surface area contributed by atoms with Gasteiger partial charge in [0.15, 0.2) is 0 Å². The van der Waals surface area contributed by atoms with E-state index < -0.39 is 5.96 Å². The van der Waals surface area contributed by atoms with Crippen molar-refractivity contribution in [2.75, 3.05) is 4.93 Å². The van der Waals surface area contributed by atoms with Gasteiger partial charge in [0, 0.05) is 0 Å². The molecule has 0 aliphatic rings. The minimum atomic E-state index is -1.73. The molecule has 112 valence electrons. The Bertz CT molecular complexity index is 687. The normalized spacial score (nSPS) is 11.5. The standard InChI is InChI=1S/C19H17BrIP/c1-21-16-12-14-19(15-13-16)22(20,17-8-4-2-5-9-17)18-10-6-3-7-11-18/h2-15H,1H3. The van der Waals surface area contributed by atoms with Gasteiger partial charge in [-0.05, 0) is 0 Å². The second kappa shape index (κ2) is 7.25. The summed E-state index contributed by atoms with van der Waals surface area (Å²) < 4.78 is 1.49. The van der Waals surface area contributed by atoms with Gasteiger partial charge in [0.2, 0.25) is 0 Å². The molecule has 0 radical (unpaired) electrons. The fourth-order valence-corrected chi connectivity index (χ4v) is 8.31. The summed E-state index contributed by atoms with van der Waals surface area (Å²) in [5, 5.41) is 4.10. The van der Waals surface area contributed by atoms with Crippen LogP contribution in [0.3, 0.4) is 0 Å². The zero-order chi connectivity index (χ0) is 15.4. The molecule has 22 heavy (non-hydrogen) atoms. The van der Waals surface area contributed by atoms with Crippen LogP contribution in [0.1, 0.15) is 0 Å². The van der Waals surface area contributed by atoms with Crippen LogP contribution in [-0.2, 0) is 0 Å². The van der Waals surface area contributed by atoms with Crippen LogP contribution in [-0.4, -0.2) is 4.93 Å². The van der Waals surface area contributed by atoms with E-state index in [0.717, 1.165) is 0 Å². The van der Waals surface area contributed by atoms with E-state index in [-0.39, 0.29) is 21.2 Å². The van der Waals surface area contributed by atoms with E-state index in [0.29, 0.717) is 0 Å². The quantitative estimate of drug-likeness (QED) is 0.297. The molecule has 0 aromatic heterocycles. The van der Waals surface area contributed by atoms with Gasteiger partial charge in [0.25, 0.3) is 0 Å². The van der Waals surface area contributed by atoms with Gasteiger partial charge in [-0.2, -0.15) is 0 Å². The molecule has 0 fully saturated rings. The Morgan fingerprint density at radius 3 is 1.45 bits per heavy atom. The molecule has 0 aliphatic carbocycles. The monoisotopic (exact) mass is 482 g/mol. The maximum absolute atomic E-state index is 4.18. The zero-order valence-corrected chi connectivity index (χ0v) is 16.9. The Labute approximate surface area is 151 Å². The van der Waals surface area contributed by atoms with E-state index in [9.17, 15) is 0 Å². The van der Waals surface area contributed by atoms with Crippen LogP contribution in [0.4, 0.5) is 0 Å². The summed E-state index contributed by atoms with van der Waals surface area (Å²) in [6.45, 7) is 0. The molecule has 0 nitrogen and oxygen atoms in total. The minimum absolute atomic E-state index is 0.147. The summed E-state index contributed by atoms with van der Waals surface area (Å²) in [6.07, 6.45) is 0. The van der Waals surface area contributed by atoms with Crippen LogP contribution in [0, 0.1) is 3.57 Å². The van der Waals surface area contributed by atoms with Crippen molar-refractivity contribution in [3.8, 4) is 0 Å². The van der Waals surface area contributed by atoms with Crippen LogP contribution in [0.2, 0.25) is 0 Å². The number of halogens is 2. The molecule has 0 saturated carbocycles. The Hall–Kier alpha value is -0.700. The summed E-state index contributed by atoms with van der Waals surface area (Å²) in [7, 11) is 0. The molecule has 0 bridgehead atoms. The second-order valence-electron chi connectivity index (χ2n) is 4.93. The second-order valence-corrected chi connectivity index (χ2v) is 13.2. The fraction of sp³-hybridized carbons (Fsp3) is 0.0526. The topological polar surface area (TPSA) is 0 Å². The molecule has 0 aliphatic heterocycles. The molecule has 3 heteroatoms. The van der Waals surface area contributed by atoms with Gasteiger partial charge >= 0.3 is 152 Å². The molecule has 0 heterocycles. The first-order chi connectivity index (χ1) is 10.7. The van der Waals surface area contributed by atoms with Crippen molar-refractivity contribution >= 4 is 37.4 Å². The van der Waals surface area contributed by atoms with Gasteiger partial charge in [-0.15, -0.1) is 0 Å². The molecule has 0 saturated heterocycles. The van der Waals surface area contributed by atoms with Crippen LogP contribution in [0.15, 0.2) is 84.9 Å². The fourth-order valence-electron chi connectivity index (χ4n) is 2.49. The number of hydrogen-bond acceptors (Lipinski definition) is 0. The van der Waals surface area contributed by atoms with Gasteiger partial charge in [-0.1, -0.05) is 0 Å². The molecule has 0 N–H and O–H groups in total. The maximum atomic E-state index is 4.18. The van der Waals surface area contributed by atoms with E-state index in [1.54, 1.807) is 0 Å². The van der Waals surface area contributed by atoms with Crippen LogP contribution in [0.25, 0.3) is 0 Å². The van der Waals surface area contributed by atoms with E-state index in [1.165, 1.54) is 19.5 Å². The van der Waals surface area contributed by atoms with Crippen molar-refractivity contribution in [2.24, 2.45) is 0 Å². The third-order valence-corrected chi connectivity index (χ3v) is 12.3. The molecule has 3 rings (SSSR count). The zero-order valence-electron chi connectivity index (χ0n) is 12.3. The van der Waals surface area contributed by atoms with Crippen molar-refractivity contribution in [2.45, 2.75) is 0 Å². The number of hydrogen-bond donors (Lipinski definition) is 0. The summed E-state index contributed by atoms with van der Waals surface area (Å²) in [4.78, 5) is 2.30. The van der Waals surface area contributed by atoms with E-state index in [2.05, 4.69) is 105 Å². The Balaban J connectivity index is 2.18. The Kier molecular flexibility index (Phi) is 5.33. The van der Waals surface area contributed by atoms with Gasteiger partial charge < -0.3 is 0 Å². The van der Waals surface area contributed by atoms with Crippen molar-refractivity contribution in [3.63, 3.8) is 0 Å². The van der Waals surface area contributed by atoms with Crippen LogP contribution in [0.5, 0.6) is 0 Å². The summed E-state index contributed by atoms with van der Waals surface area (Å²) >= 11 is 4.32. The van der Waals surface area contributed by atoms with Crippen molar-refractivity contribution < 1.29 is 21.2 Å². The van der Waals surface area contributed by atoms with Gasteiger partial charge in [-0.25, -0.2) is 0 Å². The van der Waals surface area contributed by atoms with Crippen LogP contribution >= 0.6 is 21.5 Å². The molecular formula is C19H17BrIP. The predicted molar refractivity (Wildman–Crippen MR) is 98.7 cm³/mol. The average molecular weight is 483 g/mol. The first-order valence-corrected chi connectivity index (χ1v) is 14.1. The van der Waals surface area contributed by atoms with Crippen molar-refractivity contribution in [3.05, 3.63) is 88.5 Å². The Morgan fingerprint density at radius 2 is 1.05 bits per heavy atom. The third-order valence-electron chi connectivity index (χ3n) is 3.62. The predicted octanol–water partition coefficient (Wildman–Crippen LogP) is 1.18. The molecule has 3 aromatic carbocycles. The molecular weight excluding hydrogens is 466 g/mol. The molecule has 0 spiro atoms. The molecule has 0 atom stereocenters. The number of benzene rings is 3. The molecule has 3 aromatic rings. The number of alkyl halides is 1. The first kappa shape index (κ1) is 16.2. The van der Waals surface area contributed by atoms with Gasteiger partial charge in [0.05, 0.1) is 0 Å². The number of rotatable bonds is 4. The summed E-state index contributed by atoms with van der Waals surface area (Å²) in [5.41, 5.74) is 0. The third kappa shape index (κ3) is 3.15. The van der Waals surface area contributed by atoms with E-state index >= 15 is 0 Å². The van der Waals surface area contributed by atoms with Gasteiger partial charge in [-0.3, -0.25) is 0 Å². The van der Waals surface area contributed by atoms with E-state index in [4.69, 9.17) is 0 Å². The molecule has 0 amide bonds. The van der Waals surface area contributed by atoms with Crippen LogP contribution < -0.4 is 37.1 Å². The Morgan fingerprint density at radius 1 is 0.636 bits per heavy atom. The van der Waals surface area contributed by atoms with E-state index in [1.807, 2.05) is 0 Å². The van der Waals surface area contributed by atoms with Crippen molar-refractivity contribution in [1.29, 1.82) is 0 Å². The SMILES string of the molecule is C[I-]c1ccc([P+](Br)(c2ccccc2)c2ccccc2)cc1. The van der Waals surface area contributed by atoms with Crippen molar-refractivity contribution in [1.82, 2.24) is 0 Å². The first-order valence-electron chi connectivity index (χ1n) is 7.05. The molecule has 0 unspecified atom stereocenters. The van der Waals surface area contributed by atoms with Gasteiger partial charge in [0.1, 0.15) is 0 Å². The summed E-state index contributed by atoms with van der Waals surface area (Å²) in [6, 6.07) is 30.8.